The van der Waals surface area contributed by atoms with E-state index in [0.717, 1.165) is 24.6 Å². The van der Waals surface area contributed by atoms with Crippen LogP contribution in [0.15, 0.2) is 0 Å². The molecule has 0 fully saturated rings. The van der Waals surface area contributed by atoms with Crippen molar-refractivity contribution < 1.29 is 17.9 Å². The van der Waals surface area contributed by atoms with Crippen molar-refractivity contribution in [2.45, 2.75) is 144 Å². The van der Waals surface area contributed by atoms with Gasteiger partial charge in [0.05, 0.1) is 0 Å². The third-order valence-electron chi connectivity index (χ3n) is 7.21. The molecule has 0 aromatic carbocycles. The van der Waals surface area contributed by atoms with Crippen LogP contribution in [-0.2, 0) is 17.9 Å². The van der Waals surface area contributed by atoms with Crippen molar-refractivity contribution in [1.82, 2.24) is 0 Å². The van der Waals surface area contributed by atoms with E-state index in [4.69, 9.17) is 13.4 Å². The van der Waals surface area contributed by atoms with Crippen molar-refractivity contribution in [2.75, 3.05) is 37.9 Å². The molecule has 0 aliphatic carbocycles. The molecular weight excluding hydrogens is 462 g/mol. The van der Waals surface area contributed by atoms with Crippen LogP contribution in [0.2, 0.25) is 0 Å². The van der Waals surface area contributed by atoms with Gasteiger partial charge in [-0.1, -0.05) is 0 Å². The van der Waals surface area contributed by atoms with E-state index in [9.17, 15) is 4.57 Å². The molecule has 0 amide bonds. The second-order valence-corrected chi connectivity index (χ2v) is 17.9. The van der Waals surface area contributed by atoms with Crippen molar-refractivity contribution in [3.05, 3.63) is 0 Å². The van der Waals surface area contributed by atoms with Crippen LogP contribution in [0.1, 0.15) is 144 Å². The number of rotatable bonds is 26. The Balaban J connectivity index is 6.26. The van der Waals surface area contributed by atoms with Gasteiger partial charge >= 0.3 is 215 Å². The monoisotopic (exact) mass is 524 g/mol. The zero-order chi connectivity index (χ0) is 25.6. The summed E-state index contributed by atoms with van der Waals surface area (Å²) in [4.78, 5) is 0. The first kappa shape index (κ1) is 34.5. The number of hydrogen-bond donors (Lipinski definition) is 0. The molecule has 0 aromatic rings. The molecule has 0 unspecified atom stereocenters. The maximum absolute atomic E-state index is 14.0. The van der Waals surface area contributed by atoms with Crippen LogP contribution in [0.25, 0.3) is 0 Å². The number of unbranched alkanes of at least 4 members (excludes halogenated alkanes) is 12. The zero-order valence-corrected chi connectivity index (χ0v) is 25.9. The van der Waals surface area contributed by atoms with Crippen molar-refractivity contribution in [3.63, 3.8) is 0 Å². The molecule has 0 saturated carbocycles. The molecule has 0 heterocycles. The molecule has 0 N–H and O–H groups in total. The van der Waals surface area contributed by atoms with Crippen LogP contribution in [0.3, 0.4) is 0 Å². The Labute approximate surface area is 214 Å². The molecule has 0 radical (unpaired) electrons. The Morgan fingerprint density at radius 2 is 0.765 bits per heavy atom. The molecule has 0 saturated heterocycles. The normalized spacial score (nSPS) is 13.8. The molecule has 208 valence electrons. The summed E-state index contributed by atoms with van der Waals surface area (Å²) < 4.78 is 32.6. The van der Waals surface area contributed by atoms with E-state index in [2.05, 4.69) is 27.7 Å². The summed E-state index contributed by atoms with van der Waals surface area (Å²) in [6.45, 7) is 10.8. The van der Waals surface area contributed by atoms with Crippen molar-refractivity contribution in [1.29, 1.82) is 0 Å². The number of hydrogen-bond acceptors (Lipinski definition) is 4. The van der Waals surface area contributed by atoms with Crippen LogP contribution in [0.5, 0.6) is 0 Å². The molecule has 0 aromatic heterocycles. The summed E-state index contributed by atoms with van der Waals surface area (Å²) in [7, 11) is -3.57. The fourth-order valence-electron chi connectivity index (χ4n) is 5.27. The predicted octanol–water partition coefficient (Wildman–Crippen LogP) is 11.0. The number of phosphoric acid groups is 1. The summed E-state index contributed by atoms with van der Waals surface area (Å²) in [5, 5.41) is 0. The molecule has 0 aliphatic rings. The Bertz CT molecular complexity index is 443. The Morgan fingerprint density at radius 3 is 1.00 bits per heavy atom. The standard InChI is InChI=1S/C28H62O4P2/c1-7-13-17-21-25-34(26-22-18-14-8-2,27-23-19-15-9-3,28-24-20-16-10-4)32-33(29,30-11-5)31-12-6/h7-28H2,1-6H3. The summed E-state index contributed by atoms with van der Waals surface area (Å²) in [6, 6.07) is 0. The Morgan fingerprint density at radius 1 is 0.471 bits per heavy atom. The molecular formula is C28H62O4P2. The van der Waals surface area contributed by atoms with E-state index in [-0.39, 0.29) is 0 Å². The quantitative estimate of drug-likeness (QED) is 0.0833. The van der Waals surface area contributed by atoms with Gasteiger partial charge < -0.3 is 0 Å². The first-order chi connectivity index (χ1) is 16.4. The van der Waals surface area contributed by atoms with Crippen LogP contribution >= 0.6 is 14.7 Å². The fourth-order valence-corrected chi connectivity index (χ4v) is 15.4. The van der Waals surface area contributed by atoms with Crippen LogP contribution in [0.4, 0.5) is 0 Å². The first-order valence-corrected chi connectivity index (χ1v) is 19.4. The molecule has 4 nitrogen and oxygen atoms in total. The van der Waals surface area contributed by atoms with Gasteiger partial charge in [0, 0.05) is 0 Å². The average molecular weight is 525 g/mol. The summed E-state index contributed by atoms with van der Waals surface area (Å²) in [6.07, 6.45) is 24.1. The van der Waals surface area contributed by atoms with E-state index in [0.29, 0.717) is 13.2 Å². The first-order valence-electron chi connectivity index (χ1n) is 15.0. The minimum atomic E-state index is -3.57. The molecule has 6 heteroatoms. The predicted molar refractivity (Wildman–Crippen MR) is 155 cm³/mol. The van der Waals surface area contributed by atoms with E-state index in [1.165, 1.54) is 103 Å². The van der Waals surface area contributed by atoms with Gasteiger partial charge in [-0.2, -0.15) is 0 Å². The second-order valence-electron chi connectivity index (χ2n) is 10.4. The number of phosphoric ester groups is 1. The molecule has 34 heavy (non-hydrogen) atoms. The van der Waals surface area contributed by atoms with Gasteiger partial charge in [-0.3, -0.25) is 0 Å². The van der Waals surface area contributed by atoms with Crippen LogP contribution in [0, 0.1) is 0 Å². The molecule has 0 bridgehead atoms. The SMILES string of the molecule is CCCCCCP(CCCCCC)(CCCCCC)(CCCCCC)OP(=O)(OCC)OCC. The minimum absolute atomic E-state index is 0.362. The topological polar surface area (TPSA) is 44.8 Å². The van der Waals surface area contributed by atoms with Gasteiger partial charge in [-0.05, 0) is 0 Å². The third-order valence-corrected chi connectivity index (χ3v) is 16.8. The van der Waals surface area contributed by atoms with Crippen LogP contribution < -0.4 is 0 Å². The second kappa shape index (κ2) is 20.6. The summed E-state index contributed by atoms with van der Waals surface area (Å²) in [5.41, 5.74) is 0. The average Bonchev–Trinajstić information content (AvgIpc) is 2.81. The maximum atomic E-state index is 14.0. The van der Waals surface area contributed by atoms with Crippen molar-refractivity contribution in [3.8, 4) is 0 Å². The van der Waals surface area contributed by atoms with E-state index < -0.39 is 14.7 Å². The Hall–Kier alpha value is 0.540. The van der Waals surface area contributed by atoms with E-state index >= 15 is 0 Å². The van der Waals surface area contributed by atoms with Crippen molar-refractivity contribution >= 4 is 14.7 Å². The molecule has 0 rings (SSSR count). The summed E-state index contributed by atoms with van der Waals surface area (Å²) in [5.74, 6) is 0. The van der Waals surface area contributed by atoms with Gasteiger partial charge in [0.25, 0.3) is 0 Å². The van der Waals surface area contributed by atoms with Crippen LogP contribution in [-0.4, -0.2) is 37.9 Å². The van der Waals surface area contributed by atoms with Gasteiger partial charge in [-0.25, -0.2) is 0 Å². The van der Waals surface area contributed by atoms with Gasteiger partial charge in [0.15, 0.2) is 0 Å². The Kier molecular flexibility index (Phi) is 20.9. The van der Waals surface area contributed by atoms with Crippen molar-refractivity contribution in [2.24, 2.45) is 0 Å². The zero-order valence-electron chi connectivity index (χ0n) is 24.1. The molecule has 0 atom stereocenters. The van der Waals surface area contributed by atoms with Gasteiger partial charge in [0.1, 0.15) is 0 Å². The van der Waals surface area contributed by atoms with Gasteiger partial charge in [0.2, 0.25) is 0 Å². The van der Waals surface area contributed by atoms with E-state index in [1.54, 1.807) is 0 Å². The fraction of sp³-hybridized carbons (Fsp3) is 1.00. The molecule has 0 spiro atoms. The summed E-state index contributed by atoms with van der Waals surface area (Å²) >= 11 is 0. The molecule has 0 aliphatic heterocycles. The van der Waals surface area contributed by atoms with Gasteiger partial charge in [-0.15, -0.1) is 0 Å². The van der Waals surface area contributed by atoms with E-state index in [1.807, 2.05) is 13.8 Å². The third kappa shape index (κ3) is 14.3.